The Bertz CT molecular complexity index is 531. The van der Waals surface area contributed by atoms with Gasteiger partial charge in [-0.1, -0.05) is 48.9 Å². The molecule has 0 aliphatic rings. The molecule has 1 aromatic carbocycles. The van der Waals surface area contributed by atoms with Crippen LogP contribution in [0.3, 0.4) is 0 Å². The number of rotatable bonds is 4. The number of benzene rings is 1. The average molecular weight is 327 g/mol. The second-order valence-electron chi connectivity index (χ2n) is 3.83. The summed E-state index contributed by atoms with van der Waals surface area (Å²) < 4.78 is 6.44. The predicted octanol–water partition coefficient (Wildman–Crippen LogP) is 4.64. The number of ether oxygens (including phenoxy) is 1. The molecule has 0 unspecified atom stereocenters. The fourth-order valence-electron chi connectivity index (χ4n) is 1.67. The van der Waals surface area contributed by atoms with Crippen LogP contribution in [0.5, 0.6) is 5.75 Å². The normalized spacial score (nSPS) is 10.4. The summed E-state index contributed by atoms with van der Waals surface area (Å²) in [6, 6.07) is 10.0. The first-order valence-corrected chi connectivity index (χ1v) is 6.89. The Hall–Kier alpha value is -1.06. The van der Waals surface area contributed by atoms with Crippen molar-refractivity contribution in [2.24, 2.45) is 0 Å². The highest BCUT2D eigenvalue weighted by molar-refractivity contribution is 9.10. The quantitative estimate of drug-likeness (QED) is 0.764. The molecule has 94 valence electrons. The van der Waals surface area contributed by atoms with Gasteiger partial charge in [0.25, 0.3) is 0 Å². The molecule has 0 atom stereocenters. The van der Waals surface area contributed by atoms with Crippen LogP contribution in [-0.4, -0.2) is 4.98 Å². The van der Waals surface area contributed by atoms with E-state index in [9.17, 15) is 0 Å². The number of hydrogen-bond donors (Lipinski definition) is 0. The lowest BCUT2D eigenvalue weighted by atomic mass is 10.2. The van der Waals surface area contributed by atoms with Crippen molar-refractivity contribution in [3.63, 3.8) is 0 Å². The van der Waals surface area contributed by atoms with Gasteiger partial charge >= 0.3 is 0 Å². The zero-order valence-electron chi connectivity index (χ0n) is 9.99. The number of hydrogen-bond acceptors (Lipinski definition) is 2. The van der Waals surface area contributed by atoms with E-state index in [1.807, 2.05) is 37.3 Å². The van der Waals surface area contributed by atoms with Gasteiger partial charge in [0.15, 0.2) is 0 Å². The molecule has 2 aromatic rings. The Morgan fingerprint density at radius 1 is 1.28 bits per heavy atom. The summed E-state index contributed by atoms with van der Waals surface area (Å²) in [7, 11) is 0. The van der Waals surface area contributed by atoms with Crippen molar-refractivity contribution in [1.29, 1.82) is 0 Å². The van der Waals surface area contributed by atoms with Gasteiger partial charge in [-0.15, -0.1) is 0 Å². The molecule has 0 spiro atoms. The first-order valence-electron chi connectivity index (χ1n) is 5.72. The number of halogens is 2. The summed E-state index contributed by atoms with van der Waals surface area (Å²) in [5.41, 5.74) is 2.10. The molecule has 0 N–H and O–H groups in total. The van der Waals surface area contributed by atoms with Crippen molar-refractivity contribution in [3.05, 3.63) is 57.3 Å². The second kappa shape index (κ2) is 6.21. The molecule has 0 saturated carbocycles. The first-order chi connectivity index (χ1) is 8.72. The summed E-state index contributed by atoms with van der Waals surface area (Å²) >= 11 is 9.51. The number of pyridine rings is 1. The van der Waals surface area contributed by atoms with Crippen LogP contribution in [-0.2, 0) is 13.0 Å². The van der Waals surface area contributed by atoms with Crippen molar-refractivity contribution in [1.82, 2.24) is 4.98 Å². The van der Waals surface area contributed by atoms with Gasteiger partial charge in [-0.3, -0.25) is 0 Å². The molecule has 1 heterocycles. The van der Waals surface area contributed by atoms with Crippen LogP contribution < -0.4 is 4.74 Å². The predicted molar refractivity (Wildman–Crippen MR) is 77.1 cm³/mol. The van der Waals surface area contributed by atoms with Crippen molar-refractivity contribution in [2.45, 2.75) is 20.0 Å². The Labute approximate surface area is 120 Å². The topological polar surface area (TPSA) is 22.1 Å². The second-order valence-corrected chi connectivity index (χ2v) is 4.96. The lowest BCUT2D eigenvalue weighted by Crippen LogP contribution is -2.00. The van der Waals surface area contributed by atoms with Gasteiger partial charge in [0.2, 0.25) is 0 Å². The van der Waals surface area contributed by atoms with Crippen LogP contribution in [0.1, 0.15) is 18.1 Å². The molecule has 4 heteroatoms. The average Bonchev–Trinajstić information content (AvgIpc) is 2.41. The van der Waals surface area contributed by atoms with Gasteiger partial charge in [0, 0.05) is 5.56 Å². The van der Waals surface area contributed by atoms with Crippen molar-refractivity contribution in [2.75, 3.05) is 0 Å². The minimum atomic E-state index is 0.521. The van der Waals surface area contributed by atoms with Gasteiger partial charge in [-0.05, 0) is 27.9 Å². The third kappa shape index (κ3) is 3.03. The Morgan fingerprint density at radius 3 is 2.67 bits per heavy atom. The van der Waals surface area contributed by atoms with E-state index in [1.165, 1.54) is 0 Å². The van der Waals surface area contributed by atoms with Crippen molar-refractivity contribution in [3.8, 4) is 5.75 Å². The third-order valence-electron chi connectivity index (χ3n) is 2.63. The molecule has 0 aliphatic carbocycles. The van der Waals surface area contributed by atoms with Gasteiger partial charge in [0.1, 0.15) is 17.0 Å². The summed E-state index contributed by atoms with van der Waals surface area (Å²) in [4.78, 5) is 4.16. The van der Waals surface area contributed by atoms with E-state index in [0.29, 0.717) is 16.2 Å². The minimum absolute atomic E-state index is 0.521. The Morgan fingerprint density at radius 2 is 2.00 bits per heavy atom. The fourth-order valence-corrected chi connectivity index (χ4v) is 2.29. The van der Waals surface area contributed by atoms with Crippen LogP contribution in [0.15, 0.2) is 41.1 Å². The maximum Gasteiger partial charge on any atom is 0.142 e. The summed E-state index contributed by atoms with van der Waals surface area (Å²) in [5, 5.41) is 0.628. The van der Waals surface area contributed by atoms with Crippen LogP contribution >= 0.6 is 27.5 Å². The van der Waals surface area contributed by atoms with E-state index < -0.39 is 0 Å². The highest BCUT2D eigenvalue weighted by Crippen LogP contribution is 2.31. The van der Waals surface area contributed by atoms with Gasteiger partial charge < -0.3 is 4.74 Å². The van der Waals surface area contributed by atoms with Crippen molar-refractivity contribution < 1.29 is 4.74 Å². The zero-order valence-corrected chi connectivity index (χ0v) is 12.3. The molecule has 0 fully saturated rings. The van der Waals surface area contributed by atoms with Gasteiger partial charge in [-0.25, -0.2) is 4.98 Å². The molecule has 0 bridgehead atoms. The molecule has 0 radical (unpaired) electrons. The summed E-state index contributed by atoms with van der Waals surface area (Å²) in [6.45, 7) is 2.57. The van der Waals surface area contributed by atoms with E-state index in [1.54, 1.807) is 6.20 Å². The van der Waals surface area contributed by atoms with Crippen molar-refractivity contribution >= 4 is 27.5 Å². The molecule has 18 heavy (non-hydrogen) atoms. The van der Waals surface area contributed by atoms with E-state index in [0.717, 1.165) is 23.3 Å². The number of aromatic nitrogens is 1. The highest BCUT2D eigenvalue weighted by Gasteiger charge is 2.11. The van der Waals surface area contributed by atoms with E-state index in [4.69, 9.17) is 16.3 Å². The Balaban J connectivity index is 2.17. The van der Waals surface area contributed by atoms with Gasteiger partial charge in [-0.2, -0.15) is 0 Å². The molecule has 2 rings (SSSR count). The zero-order chi connectivity index (χ0) is 13.0. The largest absolute Gasteiger partial charge is 0.487 e. The molecular weight excluding hydrogens is 314 g/mol. The van der Waals surface area contributed by atoms with Gasteiger partial charge in [0.05, 0.1) is 11.2 Å². The first kappa shape index (κ1) is 13.4. The lowest BCUT2D eigenvalue weighted by Gasteiger charge is -2.12. The fraction of sp³-hybridized carbons (Fsp3) is 0.214. The molecular formula is C14H13BrClNO. The smallest absolute Gasteiger partial charge is 0.142 e. The van der Waals surface area contributed by atoms with Crippen LogP contribution in [0.4, 0.5) is 0 Å². The summed E-state index contributed by atoms with van der Waals surface area (Å²) in [6.07, 6.45) is 2.52. The van der Waals surface area contributed by atoms with E-state index >= 15 is 0 Å². The minimum Gasteiger partial charge on any atom is -0.487 e. The molecule has 0 saturated heterocycles. The molecule has 0 amide bonds. The van der Waals surface area contributed by atoms with Crippen LogP contribution in [0, 0.1) is 0 Å². The van der Waals surface area contributed by atoms with Crippen LogP contribution in [0.2, 0.25) is 5.02 Å². The van der Waals surface area contributed by atoms with Crippen LogP contribution in [0.25, 0.3) is 0 Å². The van der Waals surface area contributed by atoms with E-state index in [-0.39, 0.29) is 0 Å². The lowest BCUT2D eigenvalue weighted by molar-refractivity contribution is 0.302. The molecule has 0 aliphatic heterocycles. The Kier molecular flexibility index (Phi) is 4.61. The maximum atomic E-state index is 6.19. The standard InChI is InChI=1S/C14H13BrClNO/c1-2-11-12(8-17-14(15)13(11)16)18-9-10-6-4-3-5-7-10/h3-8H,2,9H2,1H3. The SMILES string of the molecule is CCc1c(OCc2ccccc2)cnc(Br)c1Cl. The maximum absolute atomic E-state index is 6.19. The third-order valence-corrected chi connectivity index (χ3v) is 3.87. The monoisotopic (exact) mass is 325 g/mol. The molecule has 2 nitrogen and oxygen atoms in total. The highest BCUT2D eigenvalue weighted by atomic mass is 79.9. The number of nitrogens with zero attached hydrogens (tertiary/aromatic N) is 1. The summed E-state index contributed by atoms with van der Waals surface area (Å²) in [5.74, 6) is 0.745. The van der Waals surface area contributed by atoms with E-state index in [2.05, 4.69) is 20.9 Å². The molecule has 1 aromatic heterocycles.